The number of hydrogen-bond acceptors (Lipinski definition) is 7. The third-order valence-electron chi connectivity index (χ3n) is 7.53. The van der Waals surface area contributed by atoms with Crippen molar-refractivity contribution >= 4 is 18.1 Å². The Morgan fingerprint density at radius 1 is 0.800 bits per heavy atom. The molecule has 0 aromatic heterocycles. The topological polar surface area (TPSA) is 129 Å². The number of ether oxygens (including phenoxy) is 2. The first kappa shape index (κ1) is 36.0. The van der Waals surface area contributed by atoms with Crippen molar-refractivity contribution in [3.05, 3.63) is 0 Å². The summed E-state index contributed by atoms with van der Waals surface area (Å²) in [6.45, 7) is 5.18. The normalized spacial score (nSPS) is 15.7. The van der Waals surface area contributed by atoms with Crippen molar-refractivity contribution in [3.8, 4) is 0 Å². The van der Waals surface area contributed by atoms with E-state index in [1.807, 2.05) is 0 Å². The largest absolute Gasteiger partial charge is 0.447 e. The van der Waals surface area contributed by atoms with Crippen LogP contribution in [0.3, 0.4) is 0 Å². The number of primary amides is 1. The molecule has 10 heteroatoms. The SMILES string of the molecule is CCCCCCCCCCCCCCC(CCC)NC(=O)OOC(C(=O)N1CCCCC1)C(COC(N)=O)OC. The molecule has 0 aromatic carbocycles. The molecule has 40 heavy (non-hydrogen) atoms. The van der Waals surface area contributed by atoms with Crippen molar-refractivity contribution in [3.63, 3.8) is 0 Å². The highest BCUT2D eigenvalue weighted by Crippen LogP contribution is 2.17. The maximum atomic E-state index is 13.2. The van der Waals surface area contributed by atoms with Crippen molar-refractivity contribution in [2.75, 3.05) is 26.8 Å². The smallest absolute Gasteiger partial charge is 0.438 e. The van der Waals surface area contributed by atoms with Gasteiger partial charge in [0.1, 0.15) is 12.7 Å². The summed E-state index contributed by atoms with van der Waals surface area (Å²) in [5, 5.41) is 2.88. The molecule has 1 saturated heterocycles. The van der Waals surface area contributed by atoms with Gasteiger partial charge in [-0.2, -0.15) is 4.89 Å². The number of methoxy groups -OCH3 is 1. The number of nitrogens with zero attached hydrogens (tertiary/aromatic N) is 1. The van der Waals surface area contributed by atoms with Crippen LogP contribution in [0.15, 0.2) is 0 Å². The molecule has 234 valence electrons. The lowest BCUT2D eigenvalue weighted by atomic mass is 10.0. The summed E-state index contributed by atoms with van der Waals surface area (Å²) in [5.74, 6) is -0.381. The molecule has 1 heterocycles. The molecule has 1 aliphatic rings. The Kier molecular flexibility index (Phi) is 21.2. The van der Waals surface area contributed by atoms with Gasteiger partial charge in [0.25, 0.3) is 5.91 Å². The molecule has 0 aliphatic carbocycles. The fraction of sp³-hybridized carbons (Fsp3) is 0.900. The lowest BCUT2D eigenvalue weighted by molar-refractivity contribution is -0.289. The molecule has 3 N–H and O–H groups in total. The lowest BCUT2D eigenvalue weighted by Crippen LogP contribution is -2.51. The van der Waals surface area contributed by atoms with Crippen molar-refractivity contribution in [2.24, 2.45) is 5.73 Å². The van der Waals surface area contributed by atoms with Gasteiger partial charge in [0, 0.05) is 26.2 Å². The number of nitrogens with two attached hydrogens (primary N) is 1. The zero-order valence-corrected chi connectivity index (χ0v) is 25.5. The van der Waals surface area contributed by atoms with Crippen molar-refractivity contribution in [1.82, 2.24) is 10.2 Å². The number of unbranched alkanes of at least 4 members (excludes halogenated alkanes) is 11. The summed E-state index contributed by atoms with van der Waals surface area (Å²) >= 11 is 0. The summed E-state index contributed by atoms with van der Waals surface area (Å²) in [4.78, 5) is 48.9. The summed E-state index contributed by atoms with van der Waals surface area (Å²) in [6, 6.07) is -0.0307. The predicted molar refractivity (Wildman–Crippen MR) is 156 cm³/mol. The molecule has 0 saturated carbocycles. The summed E-state index contributed by atoms with van der Waals surface area (Å²) in [6.07, 6.45) is 16.8. The van der Waals surface area contributed by atoms with Gasteiger partial charge < -0.3 is 25.4 Å². The third kappa shape index (κ3) is 16.9. The summed E-state index contributed by atoms with van der Waals surface area (Å²) < 4.78 is 10.2. The molecule has 3 unspecified atom stereocenters. The minimum absolute atomic E-state index is 0.0307. The molecular formula is C30H57N3O7. The van der Waals surface area contributed by atoms with Gasteiger partial charge in [-0.25, -0.2) is 9.59 Å². The van der Waals surface area contributed by atoms with Crippen LogP contribution in [0.5, 0.6) is 0 Å². The first-order valence-corrected chi connectivity index (χ1v) is 15.8. The van der Waals surface area contributed by atoms with Crippen molar-refractivity contribution in [2.45, 2.75) is 148 Å². The summed E-state index contributed by atoms with van der Waals surface area (Å²) in [7, 11) is 1.36. The van der Waals surface area contributed by atoms with Crippen molar-refractivity contribution in [1.29, 1.82) is 0 Å². The Labute approximate surface area is 242 Å². The van der Waals surface area contributed by atoms with E-state index in [1.165, 1.54) is 71.3 Å². The van der Waals surface area contributed by atoms with Crippen LogP contribution >= 0.6 is 0 Å². The second kappa shape index (κ2) is 23.6. The molecule has 1 fully saturated rings. The number of carbonyl (C=O) groups is 3. The molecule has 0 aromatic rings. The minimum atomic E-state index is -1.28. The molecule has 3 amide bonds. The molecule has 10 nitrogen and oxygen atoms in total. The Morgan fingerprint density at radius 3 is 1.90 bits per heavy atom. The fourth-order valence-electron chi connectivity index (χ4n) is 5.15. The van der Waals surface area contributed by atoms with E-state index in [2.05, 4.69) is 19.2 Å². The van der Waals surface area contributed by atoms with E-state index in [0.29, 0.717) is 13.1 Å². The highest BCUT2D eigenvalue weighted by atomic mass is 17.2. The van der Waals surface area contributed by atoms with E-state index >= 15 is 0 Å². The van der Waals surface area contributed by atoms with Crippen molar-refractivity contribution < 1.29 is 33.6 Å². The van der Waals surface area contributed by atoms with Gasteiger partial charge in [0.15, 0.2) is 0 Å². The van der Waals surface area contributed by atoms with Gasteiger partial charge in [-0.05, 0) is 32.1 Å². The molecule has 0 bridgehead atoms. The zero-order chi connectivity index (χ0) is 29.4. The van der Waals surface area contributed by atoms with Crippen LogP contribution in [0.2, 0.25) is 0 Å². The number of likely N-dealkylation sites (tertiary alicyclic amines) is 1. The van der Waals surface area contributed by atoms with Gasteiger partial charge in [-0.3, -0.25) is 9.68 Å². The maximum absolute atomic E-state index is 13.2. The number of piperidine rings is 1. The van der Waals surface area contributed by atoms with E-state index in [4.69, 9.17) is 25.0 Å². The van der Waals surface area contributed by atoms with Crippen LogP contribution < -0.4 is 11.1 Å². The van der Waals surface area contributed by atoms with Crippen LogP contribution in [0.25, 0.3) is 0 Å². The third-order valence-corrected chi connectivity index (χ3v) is 7.53. The average Bonchev–Trinajstić information content (AvgIpc) is 2.95. The minimum Gasteiger partial charge on any atom is -0.447 e. The van der Waals surface area contributed by atoms with Crippen LogP contribution in [0.1, 0.15) is 129 Å². The number of nitrogens with one attached hydrogen (secondary N) is 1. The molecule has 3 atom stereocenters. The monoisotopic (exact) mass is 571 g/mol. The van der Waals surface area contributed by atoms with Crippen LogP contribution in [-0.2, 0) is 24.0 Å². The number of carbonyl (C=O) groups excluding carboxylic acids is 3. The highest BCUT2D eigenvalue weighted by Gasteiger charge is 2.37. The quantitative estimate of drug-likeness (QED) is 0.0825. The number of hydrogen-bond donors (Lipinski definition) is 2. The highest BCUT2D eigenvalue weighted by molar-refractivity contribution is 5.82. The fourth-order valence-corrected chi connectivity index (χ4v) is 5.15. The first-order valence-electron chi connectivity index (χ1n) is 15.8. The van der Waals surface area contributed by atoms with Gasteiger partial charge in [-0.1, -0.05) is 97.3 Å². The lowest BCUT2D eigenvalue weighted by Gasteiger charge is -2.32. The van der Waals surface area contributed by atoms with Crippen LogP contribution in [0.4, 0.5) is 9.59 Å². The van der Waals surface area contributed by atoms with Crippen LogP contribution in [-0.4, -0.2) is 68.0 Å². The van der Waals surface area contributed by atoms with Gasteiger partial charge >= 0.3 is 12.2 Å². The van der Waals surface area contributed by atoms with Gasteiger partial charge in [-0.15, -0.1) is 0 Å². The van der Waals surface area contributed by atoms with Crippen LogP contribution in [0, 0.1) is 0 Å². The Hall–Kier alpha value is -2.07. The molecule has 1 aliphatic heterocycles. The molecule has 1 rings (SSSR count). The molecular weight excluding hydrogens is 514 g/mol. The standard InChI is InChI=1S/C30H57N3O7/c1-4-6-7-8-9-10-11-12-13-14-15-17-21-25(20-5-2)32-30(36)40-39-27(26(37-3)24-38-29(31)35)28(34)33-22-18-16-19-23-33/h25-27H,4-24H2,1-3H3,(H2,31,35)(H,32,36). The second-order valence-electron chi connectivity index (χ2n) is 11.0. The van der Waals surface area contributed by atoms with E-state index in [-0.39, 0.29) is 18.6 Å². The van der Waals surface area contributed by atoms with Gasteiger partial charge in [0.2, 0.25) is 6.10 Å². The number of rotatable bonds is 23. The Morgan fingerprint density at radius 2 is 1.38 bits per heavy atom. The Bertz CT molecular complexity index is 674. The van der Waals surface area contributed by atoms with Gasteiger partial charge in [0.05, 0.1) is 0 Å². The Balaban J connectivity index is 2.43. The van der Waals surface area contributed by atoms with E-state index in [1.54, 1.807) is 4.90 Å². The number of amides is 3. The molecule has 0 spiro atoms. The molecule has 0 radical (unpaired) electrons. The zero-order valence-electron chi connectivity index (χ0n) is 25.5. The average molecular weight is 572 g/mol. The second-order valence-corrected chi connectivity index (χ2v) is 11.0. The first-order chi connectivity index (χ1) is 19.4. The summed E-state index contributed by atoms with van der Waals surface area (Å²) in [5.41, 5.74) is 5.08. The predicted octanol–water partition coefficient (Wildman–Crippen LogP) is 6.40. The van der Waals surface area contributed by atoms with E-state index in [9.17, 15) is 14.4 Å². The van der Waals surface area contributed by atoms with E-state index < -0.39 is 24.4 Å². The maximum Gasteiger partial charge on any atom is 0.438 e. The van der Waals surface area contributed by atoms with E-state index in [0.717, 1.165) is 51.4 Å².